The van der Waals surface area contributed by atoms with E-state index in [1.165, 1.54) is 0 Å². The van der Waals surface area contributed by atoms with Crippen LogP contribution in [0.15, 0.2) is 17.1 Å². The van der Waals surface area contributed by atoms with Crippen LogP contribution in [0.5, 0.6) is 0 Å². The van der Waals surface area contributed by atoms with E-state index in [1.807, 2.05) is 6.07 Å². The molecule has 0 atom stereocenters. The zero-order valence-electron chi connectivity index (χ0n) is 18.4. The third-order valence-electron chi connectivity index (χ3n) is 5.84. The van der Waals surface area contributed by atoms with Crippen molar-refractivity contribution in [1.29, 1.82) is 0 Å². The van der Waals surface area contributed by atoms with Crippen LogP contribution >= 0.6 is 0 Å². The van der Waals surface area contributed by atoms with Gasteiger partial charge < -0.3 is 14.8 Å². The van der Waals surface area contributed by atoms with E-state index in [9.17, 15) is 9.59 Å². The second-order valence-corrected chi connectivity index (χ2v) is 8.72. The number of nitrogens with zero attached hydrogens (tertiary/aromatic N) is 3. The van der Waals surface area contributed by atoms with Crippen LogP contribution in [0.25, 0.3) is 11.3 Å². The molecular weight excluding hydrogens is 366 g/mol. The number of aryl methyl sites for hydroxylation is 2. The summed E-state index contributed by atoms with van der Waals surface area (Å²) < 4.78 is 1.56. The topological polar surface area (TPSA) is 83.0 Å². The predicted molar refractivity (Wildman–Crippen MR) is 115 cm³/mol. The molecule has 1 aliphatic heterocycles. The SMILES string of the molecule is Cc1cc(-c2n[nH]c(C(=O)NC3CCN(C(C)C)CC3)c2C(C)C)cn(C)c1=O. The van der Waals surface area contributed by atoms with Gasteiger partial charge in [-0.25, -0.2) is 0 Å². The van der Waals surface area contributed by atoms with E-state index in [1.54, 1.807) is 24.7 Å². The molecule has 0 bridgehead atoms. The number of H-pyrrole nitrogens is 1. The summed E-state index contributed by atoms with van der Waals surface area (Å²) in [6.07, 6.45) is 3.70. The van der Waals surface area contributed by atoms with Crippen LogP contribution in [0.2, 0.25) is 0 Å². The third kappa shape index (κ3) is 4.45. The van der Waals surface area contributed by atoms with E-state index in [-0.39, 0.29) is 23.4 Å². The number of aromatic nitrogens is 3. The number of aromatic amines is 1. The lowest BCUT2D eigenvalue weighted by atomic mass is 9.96. The Morgan fingerprint density at radius 1 is 1.24 bits per heavy atom. The molecule has 0 saturated carbocycles. The van der Waals surface area contributed by atoms with Gasteiger partial charge >= 0.3 is 0 Å². The maximum atomic E-state index is 13.0. The summed E-state index contributed by atoms with van der Waals surface area (Å²) in [7, 11) is 1.73. The third-order valence-corrected chi connectivity index (χ3v) is 5.84. The number of nitrogens with one attached hydrogen (secondary N) is 2. The number of likely N-dealkylation sites (tertiary alicyclic amines) is 1. The van der Waals surface area contributed by atoms with Gasteiger partial charge in [0.25, 0.3) is 11.5 Å². The molecule has 0 spiro atoms. The number of hydrogen-bond acceptors (Lipinski definition) is 4. The minimum absolute atomic E-state index is 0.0268. The van der Waals surface area contributed by atoms with Gasteiger partial charge in [0.2, 0.25) is 0 Å². The molecule has 0 radical (unpaired) electrons. The van der Waals surface area contributed by atoms with Gasteiger partial charge in [0.1, 0.15) is 5.69 Å². The fourth-order valence-electron chi connectivity index (χ4n) is 4.13. The van der Waals surface area contributed by atoms with Gasteiger partial charge in [-0.15, -0.1) is 0 Å². The van der Waals surface area contributed by atoms with Gasteiger partial charge in [0, 0.05) is 55.1 Å². The Morgan fingerprint density at radius 2 is 1.90 bits per heavy atom. The maximum absolute atomic E-state index is 13.0. The molecule has 0 aliphatic carbocycles. The number of carbonyl (C=O) groups is 1. The molecule has 0 unspecified atom stereocenters. The number of rotatable bonds is 5. The zero-order chi connectivity index (χ0) is 21.3. The average molecular weight is 400 g/mol. The predicted octanol–water partition coefficient (Wildman–Crippen LogP) is 2.81. The molecule has 3 heterocycles. The molecule has 7 nitrogen and oxygen atoms in total. The molecule has 158 valence electrons. The Hall–Kier alpha value is -2.41. The first-order chi connectivity index (χ1) is 13.7. The number of hydrogen-bond donors (Lipinski definition) is 2. The second kappa shape index (κ2) is 8.53. The quantitative estimate of drug-likeness (QED) is 0.810. The van der Waals surface area contributed by atoms with Crippen molar-refractivity contribution in [1.82, 2.24) is 25.0 Å². The second-order valence-electron chi connectivity index (χ2n) is 8.72. The van der Waals surface area contributed by atoms with E-state index in [0.717, 1.165) is 42.8 Å². The molecule has 2 N–H and O–H groups in total. The first-order valence-corrected chi connectivity index (χ1v) is 10.5. The van der Waals surface area contributed by atoms with Crippen molar-refractivity contribution in [3.63, 3.8) is 0 Å². The van der Waals surface area contributed by atoms with Gasteiger partial charge in [-0.3, -0.25) is 14.7 Å². The van der Waals surface area contributed by atoms with Gasteiger partial charge in [0.15, 0.2) is 0 Å². The lowest BCUT2D eigenvalue weighted by Crippen LogP contribution is -2.46. The molecule has 1 amide bonds. The Morgan fingerprint density at radius 3 is 2.45 bits per heavy atom. The van der Waals surface area contributed by atoms with E-state index in [2.05, 4.69) is 48.1 Å². The smallest absolute Gasteiger partial charge is 0.269 e. The highest BCUT2D eigenvalue weighted by molar-refractivity contribution is 5.96. The summed E-state index contributed by atoms with van der Waals surface area (Å²) in [5.74, 6) is 0.0156. The van der Waals surface area contributed by atoms with Crippen molar-refractivity contribution in [3.8, 4) is 11.3 Å². The number of amides is 1. The Balaban J connectivity index is 1.84. The Kier molecular flexibility index (Phi) is 6.27. The molecule has 1 saturated heterocycles. The fraction of sp³-hybridized carbons (Fsp3) is 0.591. The molecule has 2 aromatic rings. The van der Waals surface area contributed by atoms with Gasteiger partial charge in [0.05, 0.1) is 5.69 Å². The number of piperidine rings is 1. The van der Waals surface area contributed by atoms with Gasteiger partial charge in [-0.05, 0) is 45.6 Å². The largest absolute Gasteiger partial charge is 0.348 e. The Bertz CT molecular complexity index is 907. The molecular formula is C22H33N5O2. The summed E-state index contributed by atoms with van der Waals surface area (Å²) >= 11 is 0. The van der Waals surface area contributed by atoms with Gasteiger partial charge in [-0.2, -0.15) is 5.10 Å². The van der Waals surface area contributed by atoms with E-state index in [4.69, 9.17) is 0 Å². The van der Waals surface area contributed by atoms with Crippen molar-refractivity contribution in [2.45, 2.75) is 65.5 Å². The first-order valence-electron chi connectivity index (χ1n) is 10.5. The standard InChI is InChI=1S/C22H33N5O2/c1-13(2)18-19(16-11-15(5)22(29)26(6)12-16)24-25-20(18)21(28)23-17-7-9-27(10-8-17)14(3)4/h11-14,17H,7-10H2,1-6H3,(H,23,28)(H,24,25). The summed E-state index contributed by atoms with van der Waals surface area (Å²) in [5.41, 5.74) is 3.62. The minimum atomic E-state index is -0.100. The molecule has 1 aliphatic rings. The van der Waals surface area contributed by atoms with Crippen LogP contribution in [0, 0.1) is 6.92 Å². The normalized spacial score (nSPS) is 16.0. The molecule has 1 fully saturated rings. The minimum Gasteiger partial charge on any atom is -0.348 e. The van der Waals surface area contributed by atoms with Crippen molar-refractivity contribution in [2.75, 3.05) is 13.1 Å². The molecule has 2 aromatic heterocycles. The average Bonchev–Trinajstić information content (AvgIpc) is 3.11. The van der Waals surface area contributed by atoms with E-state index < -0.39 is 0 Å². The summed E-state index contributed by atoms with van der Waals surface area (Å²) in [5, 5.41) is 10.6. The highest BCUT2D eigenvalue weighted by Crippen LogP contribution is 2.30. The summed E-state index contributed by atoms with van der Waals surface area (Å²) in [6.45, 7) is 12.3. The Labute approximate surface area is 172 Å². The lowest BCUT2D eigenvalue weighted by Gasteiger charge is -2.34. The monoisotopic (exact) mass is 399 g/mol. The van der Waals surface area contributed by atoms with Crippen molar-refractivity contribution in [2.24, 2.45) is 7.05 Å². The molecule has 3 rings (SSSR count). The van der Waals surface area contributed by atoms with Crippen molar-refractivity contribution >= 4 is 5.91 Å². The van der Waals surface area contributed by atoms with Gasteiger partial charge in [-0.1, -0.05) is 13.8 Å². The highest BCUT2D eigenvalue weighted by atomic mass is 16.2. The van der Waals surface area contributed by atoms with Crippen LogP contribution in [0.3, 0.4) is 0 Å². The molecule has 29 heavy (non-hydrogen) atoms. The summed E-state index contributed by atoms with van der Waals surface area (Å²) in [6, 6.07) is 2.57. The van der Waals surface area contributed by atoms with Crippen LogP contribution in [0.1, 0.15) is 68.1 Å². The van der Waals surface area contributed by atoms with Crippen LogP contribution < -0.4 is 10.9 Å². The number of pyridine rings is 1. The van der Waals surface area contributed by atoms with Crippen LogP contribution in [-0.2, 0) is 7.05 Å². The molecule has 0 aromatic carbocycles. The first kappa shape index (κ1) is 21.3. The van der Waals surface area contributed by atoms with Crippen molar-refractivity contribution < 1.29 is 4.79 Å². The van der Waals surface area contributed by atoms with Crippen molar-refractivity contribution in [3.05, 3.63) is 39.4 Å². The fourth-order valence-corrected chi connectivity index (χ4v) is 4.13. The van der Waals surface area contributed by atoms with E-state index >= 15 is 0 Å². The maximum Gasteiger partial charge on any atom is 0.269 e. The highest BCUT2D eigenvalue weighted by Gasteiger charge is 2.27. The summed E-state index contributed by atoms with van der Waals surface area (Å²) in [4.78, 5) is 27.5. The van der Waals surface area contributed by atoms with E-state index in [0.29, 0.717) is 17.3 Å². The van der Waals surface area contributed by atoms with Crippen LogP contribution in [-0.4, -0.2) is 50.7 Å². The number of carbonyl (C=O) groups excluding carboxylic acids is 1. The zero-order valence-corrected chi connectivity index (χ0v) is 18.4. The van der Waals surface area contributed by atoms with Crippen LogP contribution in [0.4, 0.5) is 0 Å². The lowest BCUT2D eigenvalue weighted by molar-refractivity contribution is 0.0894. The molecule has 7 heteroatoms.